The molecule has 0 atom stereocenters. The molecule has 0 saturated heterocycles. The van der Waals surface area contributed by atoms with Crippen LogP contribution in [0.4, 0.5) is 13.2 Å². The number of hydrogen-bond acceptors (Lipinski definition) is 1. The van der Waals surface area contributed by atoms with E-state index in [9.17, 15) is 13.2 Å². The van der Waals surface area contributed by atoms with Crippen molar-refractivity contribution < 1.29 is 13.2 Å². The zero-order valence-corrected chi connectivity index (χ0v) is 10.2. The average molecular weight is 260 g/mol. The van der Waals surface area contributed by atoms with Crippen LogP contribution in [0.2, 0.25) is 0 Å². The maximum Gasteiger partial charge on any atom is 0.391 e. The first-order valence-corrected chi connectivity index (χ1v) is 6.72. The molecule has 1 aromatic carbocycles. The first kappa shape index (κ1) is 12.8. The molecule has 17 heavy (non-hydrogen) atoms. The molecule has 1 fully saturated rings. The van der Waals surface area contributed by atoms with Crippen LogP contribution in [0.3, 0.4) is 0 Å². The minimum absolute atomic E-state index is 0.286. The zero-order chi connectivity index (χ0) is 12.3. The van der Waals surface area contributed by atoms with Gasteiger partial charge in [-0.15, -0.1) is 11.8 Å². The molecule has 0 heterocycles. The first-order chi connectivity index (χ1) is 8.05. The second kappa shape index (κ2) is 5.34. The molecule has 0 N–H and O–H groups in total. The van der Waals surface area contributed by atoms with Crippen molar-refractivity contribution >= 4 is 11.8 Å². The summed E-state index contributed by atoms with van der Waals surface area (Å²) in [6.45, 7) is 0. The Bertz CT molecular complexity index is 339. The standard InChI is InChI=1S/C13H15F3S/c14-13(15,16)10-6-8-12(9-7-10)17-11-4-2-1-3-5-11/h1-5,10,12H,6-9H2. The van der Waals surface area contributed by atoms with E-state index in [1.165, 1.54) is 0 Å². The minimum Gasteiger partial charge on any atom is -0.171 e. The van der Waals surface area contributed by atoms with Crippen molar-refractivity contribution in [2.24, 2.45) is 5.92 Å². The molecule has 1 aromatic rings. The SMILES string of the molecule is FC(F)(F)C1CCC(Sc2ccccc2)CC1. The van der Waals surface area contributed by atoms with E-state index in [4.69, 9.17) is 0 Å². The molecule has 2 rings (SSSR count). The maximum atomic E-state index is 12.5. The van der Waals surface area contributed by atoms with Crippen LogP contribution in [-0.2, 0) is 0 Å². The Hall–Kier alpha value is -0.640. The lowest BCUT2D eigenvalue weighted by Gasteiger charge is -2.29. The molecule has 94 valence electrons. The van der Waals surface area contributed by atoms with Crippen LogP contribution in [-0.4, -0.2) is 11.4 Å². The van der Waals surface area contributed by atoms with Gasteiger partial charge < -0.3 is 0 Å². The highest BCUT2D eigenvalue weighted by Gasteiger charge is 2.41. The van der Waals surface area contributed by atoms with E-state index in [1.54, 1.807) is 11.8 Å². The molecule has 0 amide bonds. The quantitative estimate of drug-likeness (QED) is 0.728. The van der Waals surface area contributed by atoms with Gasteiger partial charge in [0.05, 0.1) is 5.92 Å². The van der Waals surface area contributed by atoms with Crippen molar-refractivity contribution in [1.29, 1.82) is 0 Å². The molecular weight excluding hydrogens is 245 g/mol. The van der Waals surface area contributed by atoms with Crippen LogP contribution in [0.25, 0.3) is 0 Å². The second-order valence-corrected chi connectivity index (χ2v) is 5.82. The van der Waals surface area contributed by atoms with Crippen LogP contribution >= 0.6 is 11.8 Å². The van der Waals surface area contributed by atoms with Gasteiger partial charge >= 0.3 is 6.18 Å². The van der Waals surface area contributed by atoms with Crippen LogP contribution < -0.4 is 0 Å². The lowest BCUT2D eigenvalue weighted by molar-refractivity contribution is -0.181. The van der Waals surface area contributed by atoms with Gasteiger partial charge in [0.15, 0.2) is 0 Å². The molecule has 0 nitrogen and oxygen atoms in total. The summed E-state index contributed by atoms with van der Waals surface area (Å²) in [5, 5.41) is 0.344. The average Bonchev–Trinajstić information content (AvgIpc) is 2.30. The van der Waals surface area contributed by atoms with Gasteiger partial charge in [-0.1, -0.05) is 18.2 Å². The lowest BCUT2D eigenvalue weighted by Crippen LogP contribution is -2.28. The first-order valence-electron chi connectivity index (χ1n) is 5.84. The van der Waals surface area contributed by atoms with Crippen LogP contribution in [0, 0.1) is 5.92 Å². The molecule has 1 aliphatic carbocycles. The van der Waals surface area contributed by atoms with E-state index in [1.807, 2.05) is 30.3 Å². The largest absolute Gasteiger partial charge is 0.391 e. The van der Waals surface area contributed by atoms with Crippen molar-refractivity contribution in [2.75, 3.05) is 0 Å². The Morgan fingerprint density at radius 1 is 0.941 bits per heavy atom. The van der Waals surface area contributed by atoms with Crippen LogP contribution in [0.5, 0.6) is 0 Å². The van der Waals surface area contributed by atoms with Crippen molar-refractivity contribution in [3.63, 3.8) is 0 Å². The number of benzene rings is 1. The molecule has 1 aliphatic rings. The summed E-state index contributed by atoms with van der Waals surface area (Å²) in [5.74, 6) is -1.07. The minimum atomic E-state index is -4.00. The summed E-state index contributed by atoms with van der Waals surface area (Å²) >= 11 is 1.71. The molecule has 1 saturated carbocycles. The number of thioether (sulfide) groups is 1. The fourth-order valence-corrected chi connectivity index (χ4v) is 3.41. The van der Waals surface area contributed by atoms with Gasteiger partial charge in [0, 0.05) is 10.1 Å². The molecule has 0 aromatic heterocycles. The van der Waals surface area contributed by atoms with Gasteiger partial charge in [-0.25, -0.2) is 0 Å². The third-order valence-corrected chi connectivity index (χ3v) is 4.53. The maximum absolute atomic E-state index is 12.5. The highest BCUT2D eigenvalue weighted by atomic mass is 32.2. The fraction of sp³-hybridized carbons (Fsp3) is 0.538. The van der Waals surface area contributed by atoms with Gasteiger partial charge in [0.2, 0.25) is 0 Å². The van der Waals surface area contributed by atoms with Gasteiger partial charge in [0.25, 0.3) is 0 Å². The molecular formula is C13H15F3S. The molecule has 0 aliphatic heterocycles. The second-order valence-electron chi connectivity index (χ2n) is 4.45. The van der Waals surface area contributed by atoms with Gasteiger partial charge in [-0.3, -0.25) is 0 Å². The highest BCUT2D eigenvalue weighted by molar-refractivity contribution is 8.00. The number of rotatable bonds is 2. The van der Waals surface area contributed by atoms with E-state index in [0.29, 0.717) is 18.1 Å². The Labute approximate surface area is 104 Å². The summed E-state index contributed by atoms with van der Waals surface area (Å²) in [6, 6.07) is 9.90. The fourth-order valence-electron chi connectivity index (χ4n) is 2.20. The lowest BCUT2D eigenvalue weighted by atomic mass is 9.88. The predicted molar refractivity (Wildman–Crippen MR) is 64.1 cm³/mol. The Balaban J connectivity index is 1.84. The van der Waals surface area contributed by atoms with Crippen molar-refractivity contribution in [3.8, 4) is 0 Å². The number of hydrogen-bond donors (Lipinski definition) is 0. The predicted octanol–water partition coefficient (Wildman–Crippen LogP) is 4.90. The summed E-state index contributed by atoms with van der Waals surface area (Å²) in [4.78, 5) is 1.16. The molecule has 0 unspecified atom stereocenters. The number of alkyl halides is 3. The van der Waals surface area contributed by atoms with Gasteiger partial charge in [-0.05, 0) is 37.8 Å². The van der Waals surface area contributed by atoms with E-state index in [0.717, 1.165) is 4.90 Å². The van der Waals surface area contributed by atoms with Crippen molar-refractivity contribution in [1.82, 2.24) is 0 Å². The van der Waals surface area contributed by atoms with Gasteiger partial charge in [0.1, 0.15) is 0 Å². The third-order valence-electron chi connectivity index (χ3n) is 3.18. The van der Waals surface area contributed by atoms with Crippen LogP contribution in [0.1, 0.15) is 25.7 Å². The Kier molecular flexibility index (Phi) is 4.02. The normalized spacial score (nSPS) is 25.8. The van der Waals surface area contributed by atoms with Crippen LogP contribution in [0.15, 0.2) is 35.2 Å². The van der Waals surface area contributed by atoms with Gasteiger partial charge in [-0.2, -0.15) is 13.2 Å². The highest BCUT2D eigenvalue weighted by Crippen LogP contribution is 2.42. The van der Waals surface area contributed by atoms with Crippen molar-refractivity contribution in [3.05, 3.63) is 30.3 Å². The summed E-state index contributed by atoms with van der Waals surface area (Å²) in [6.07, 6.45) is -2.09. The zero-order valence-electron chi connectivity index (χ0n) is 9.41. The molecule has 0 bridgehead atoms. The summed E-state index contributed by atoms with van der Waals surface area (Å²) in [7, 11) is 0. The smallest absolute Gasteiger partial charge is 0.171 e. The molecule has 0 spiro atoms. The summed E-state index contributed by atoms with van der Waals surface area (Å²) in [5.41, 5.74) is 0. The molecule has 4 heteroatoms. The third kappa shape index (κ3) is 3.66. The van der Waals surface area contributed by atoms with E-state index >= 15 is 0 Å². The van der Waals surface area contributed by atoms with E-state index < -0.39 is 12.1 Å². The summed E-state index contributed by atoms with van der Waals surface area (Å²) < 4.78 is 37.5. The van der Waals surface area contributed by atoms with E-state index in [2.05, 4.69) is 0 Å². The van der Waals surface area contributed by atoms with Crippen molar-refractivity contribution in [2.45, 2.75) is 42.0 Å². The molecule has 0 radical (unpaired) electrons. The van der Waals surface area contributed by atoms with E-state index in [-0.39, 0.29) is 12.8 Å². The Morgan fingerprint density at radius 2 is 1.53 bits per heavy atom. The Morgan fingerprint density at radius 3 is 2.06 bits per heavy atom. The monoisotopic (exact) mass is 260 g/mol. The topological polar surface area (TPSA) is 0 Å². The number of halogens is 3.